The Labute approximate surface area is 89.8 Å². The number of carboxylic acid groups (broad SMARTS) is 1. The van der Waals surface area contributed by atoms with Crippen molar-refractivity contribution in [2.45, 2.75) is 6.36 Å². The van der Waals surface area contributed by atoms with Gasteiger partial charge in [-0.3, -0.25) is 0 Å². The number of carboxylic acids is 1. The Morgan fingerprint density at radius 3 is 2.53 bits per heavy atom. The van der Waals surface area contributed by atoms with Gasteiger partial charge in [0, 0.05) is 6.07 Å². The largest absolute Gasteiger partial charge is 0.574 e. The highest BCUT2D eigenvalue weighted by molar-refractivity contribution is 9.10. The molecule has 0 aliphatic heterocycles. The molecule has 0 saturated heterocycles. The maximum Gasteiger partial charge on any atom is 0.574 e. The summed E-state index contributed by atoms with van der Waals surface area (Å²) in [6.45, 7) is 0. The minimum atomic E-state index is -4.89. The van der Waals surface area contributed by atoms with E-state index in [0.29, 0.717) is 0 Å². The predicted octanol–water partition coefficient (Wildman–Crippen LogP) is 2.44. The zero-order chi connectivity index (χ0) is 11.6. The fourth-order valence-electron chi connectivity index (χ4n) is 0.750. The van der Waals surface area contributed by atoms with Crippen LogP contribution in [0.2, 0.25) is 0 Å². The summed E-state index contributed by atoms with van der Waals surface area (Å²) >= 11 is 2.83. The van der Waals surface area contributed by atoms with E-state index in [1.165, 1.54) is 0 Å². The van der Waals surface area contributed by atoms with Gasteiger partial charge in [0.2, 0.25) is 5.88 Å². The number of hydrogen-bond donors (Lipinski definition) is 1. The molecule has 0 aliphatic rings. The third kappa shape index (κ3) is 3.39. The molecule has 1 heterocycles. The maximum atomic E-state index is 11.8. The molecule has 0 amide bonds. The number of rotatable bonds is 2. The third-order valence-corrected chi connectivity index (χ3v) is 1.88. The highest BCUT2D eigenvalue weighted by Gasteiger charge is 2.32. The summed E-state index contributed by atoms with van der Waals surface area (Å²) in [6.07, 6.45) is -4.89. The van der Waals surface area contributed by atoms with Crippen molar-refractivity contribution in [3.63, 3.8) is 0 Å². The Morgan fingerprint density at radius 2 is 2.07 bits per heavy atom. The van der Waals surface area contributed by atoms with Crippen LogP contribution in [-0.2, 0) is 0 Å². The lowest BCUT2D eigenvalue weighted by Crippen LogP contribution is -2.18. The average molecular weight is 286 g/mol. The molecule has 0 spiro atoms. The molecule has 0 unspecified atom stereocenters. The molecule has 1 aromatic heterocycles. The first-order chi connectivity index (χ1) is 6.79. The second-order valence-corrected chi connectivity index (χ2v) is 3.19. The van der Waals surface area contributed by atoms with Gasteiger partial charge in [-0.05, 0) is 22.0 Å². The van der Waals surface area contributed by atoms with Crippen LogP contribution in [0.4, 0.5) is 13.2 Å². The van der Waals surface area contributed by atoms with Crippen LogP contribution in [0.5, 0.6) is 5.88 Å². The summed E-state index contributed by atoms with van der Waals surface area (Å²) in [7, 11) is 0. The van der Waals surface area contributed by atoms with Crippen molar-refractivity contribution in [2.75, 3.05) is 0 Å². The van der Waals surface area contributed by atoms with E-state index in [1.807, 2.05) is 0 Å². The molecule has 0 radical (unpaired) electrons. The monoisotopic (exact) mass is 285 g/mol. The van der Waals surface area contributed by atoms with Gasteiger partial charge in [0.1, 0.15) is 0 Å². The highest BCUT2D eigenvalue weighted by atomic mass is 79.9. The Morgan fingerprint density at radius 1 is 1.47 bits per heavy atom. The van der Waals surface area contributed by atoms with Gasteiger partial charge < -0.3 is 9.84 Å². The third-order valence-electron chi connectivity index (χ3n) is 1.24. The van der Waals surface area contributed by atoms with Crippen molar-refractivity contribution in [1.29, 1.82) is 0 Å². The minimum absolute atomic E-state index is 0.0736. The van der Waals surface area contributed by atoms with Crippen molar-refractivity contribution in [3.05, 3.63) is 22.3 Å². The number of carbonyl (C=O) groups is 1. The van der Waals surface area contributed by atoms with Crippen LogP contribution in [-0.4, -0.2) is 22.4 Å². The molecule has 4 nitrogen and oxygen atoms in total. The first-order valence-corrected chi connectivity index (χ1v) is 4.24. The molecular weight excluding hydrogens is 283 g/mol. The van der Waals surface area contributed by atoms with Crippen LogP contribution >= 0.6 is 15.9 Å². The number of aromatic carboxylic acids is 1. The quantitative estimate of drug-likeness (QED) is 0.907. The van der Waals surface area contributed by atoms with Gasteiger partial charge >= 0.3 is 12.3 Å². The van der Waals surface area contributed by atoms with Crippen LogP contribution in [0.3, 0.4) is 0 Å². The van der Waals surface area contributed by atoms with Gasteiger partial charge in [-0.2, -0.15) is 0 Å². The zero-order valence-corrected chi connectivity index (χ0v) is 8.46. The van der Waals surface area contributed by atoms with Crippen LogP contribution in [0.1, 0.15) is 10.5 Å². The fraction of sp³-hybridized carbons (Fsp3) is 0.143. The van der Waals surface area contributed by atoms with Gasteiger partial charge in [-0.15, -0.1) is 13.2 Å². The van der Waals surface area contributed by atoms with E-state index >= 15 is 0 Å². The van der Waals surface area contributed by atoms with Gasteiger partial charge in [0.05, 0.1) is 4.47 Å². The molecule has 82 valence electrons. The summed E-state index contributed by atoms with van der Waals surface area (Å²) < 4.78 is 38.8. The summed E-state index contributed by atoms with van der Waals surface area (Å²) in [5.41, 5.74) is -0.545. The van der Waals surface area contributed by atoms with E-state index in [1.54, 1.807) is 0 Å². The molecule has 1 rings (SSSR count). The van der Waals surface area contributed by atoms with E-state index in [-0.39, 0.29) is 4.47 Å². The smallest absolute Gasteiger partial charge is 0.476 e. The van der Waals surface area contributed by atoms with Gasteiger partial charge in [-0.25, -0.2) is 9.78 Å². The fourth-order valence-corrected chi connectivity index (χ4v) is 1.14. The van der Waals surface area contributed by atoms with E-state index < -0.39 is 23.9 Å². The molecule has 1 aromatic rings. The molecular formula is C7H3BrF3NO3. The molecule has 0 fully saturated rings. The second-order valence-electron chi connectivity index (χ2n) is 2.33. The van der Waals surface area contributed by atoms with E-state index in [0.717, 1.165) is 12.1 Å². The number of nitrogens with zero attached hydrogens (tertiary/aromatic N) is 1. The van der Waals surface area contributed by atoms with Crippen LogP contribution < -0.4 is 4.74 Å². The van der Waals surface area contributed by atoms with E-state index in [4.69, 9.17) is 5.11 Å². The first-order valence-electron chi connectivity index (χ1n) is 3.45. The Kier molecular flexibility index (Phi) is 3.18. The zero-order valence-electron chi connectivity index (χ0n) is 6.88. The van der Waals surface area contributed by atoms with E-state index in [2.05, 4.69) is 25.7 Å². The van der Waals surface area contributed by atoms with Crippen molar-refractivity contribution in [3.8, 4) is 5.88 Å². The van der Waals surface area contributed by atoms with Crippen LogP contribution in [0.25, 0.3) is 0 Å². The Hall–Kier alpha value is -1.31. The molecule has 0 aliphatic carbocycles. The van der Waals surface area contributed by atoms with Gasteiger partial charge in [-0.1, -0.05) is 0 Å². The summed E-state index contributed by atoms with van der Waals surface area (Å²) in [5, 5.41) is 8.56. The lowest BCUT2D eigenvalue weighted by molar-refractivity contribution is -0.276. The predicted molar refractivity (Wildman–Crippen MR) is 45.6 cm³/mol. The summed E-state index contributed by atoms with van der Waals surface area (Å²) in [5.74, 6) is -2.27. The number of halogens is 4. The molecule has 8 heteroatoms. The number of hydrogen-bond acceptors (Lipinski definition) is 3. The lowest BCUT2D eigenvalue weighted by Gasteiger charge is -2.08. The number of aromatic nitrogens is 1. The van der Waals surface area contributed by atoms with Crippen molar-refractivity contribution < 1.29 is 27.8 Å². The number of ether oxygens (including phenoxy) is 1. The maximum absolute atomic E-state index is 11.8. The summed E-state index contributed by atoms with van der Waals surface area (Å²) in [4.78, 5) is 13.7. The average Bonchev–Trinajstić information content (AvgIpc) is 2.05. The van der Waals surface area contributed by atoms with Crippen molar-refractivity contribution >= 4 is 21.9 Å². The van der Waals surface area contributed by atoms with Crippen LogP contribution in [0.15, 0.2) is 16.6 Å². The minimum Gasteiger partial charge on any atom is -0.476 e. The normalized spacial score (nSPS) is 11.2. The molecule has 0 saturated carbocycles. The van der Waals surface area contributed by atoms with Crippen LogP contribution in [0, 0.1) is 0 Å². The Balaban J connectivity index is 3.03. The van der Waals surface area contributed by atoms with Gasteiger partial charge in [0.25, 0.3) is 0 Å². The SMILES string of the molecule is O=C(O)c1nc(OC(F)(F)F)ccc1Br. The standard InChI is InChI=1S/C7H3BrF3NO3/c8-3-1-2-4(15-7(9,10)11)12-5(3)6(13)14/h1-2H,(H,13,14). The molecule has 0 bridgehead atoms. The molecule has 15 heavy (non-hydrogen) atoms. The van der Waals surface area contributed by atoms with Gasteiger partial charge in [0.15, 0.2) is 5.69 Å². The molecule has 1 N–H and O–H groups in total. The topological polar surface area (TPSA) is 59.4 Å². The lowest BCUT2D eigenvalue weighted by atomic mass is 10.3. The van der Waals surface area contributed by atoms with E-state index in [9.17, 15) is 18.0 Å². The van der Waals surface area contributed by atoms with Crippen molar-refractivity contribution in [2.24, 2.45) is 0 Å². The summed E-state index contributed by atoms with van der Waals surface area (Å²) in [6, 6.07) is 2.02. The molecule has 0 aromatic carbocycles. The molecule has 0 atom stereocenters. The first kappa shape index (κ1) is 11.8. The highest BCUT2D eigenvalue weighted by Crippen LogP contribution is 2.24. The second kappa shape index (κ2) is 4.05. The number of pyridine rings is 1. The number of alkyl halides is 3. The van der Waals surface area contributed by atoms with Crippen molar-refractivity contribution in [1.82, 2.24) is 4.98 Å². The Bertz CT molecular complexity index is 394.